The Bertz CT molecular complexity index is 768. The van der Waals surface area contributed by atoms with Crippen molar-refractivity contribution in [1.29, 1.82) is 0 Å². The van der Waals surface area contributed by atoms with Gasteiger partial charge in [0.1, 0.15) is 5.75 Å². The number of benzene rings is 2. The summed E-state index contributed by atoms with van der Waals surface area (Å²) >= 11 is 0. The molecule has 0 spiro atoms. The Morgan fingerprint density at radius 1 is 1.12 bits per heavy atom. The fourth-order valence-electron chi connectivity index (χ4n) is 2.87. The quantitative estimate of drug-likeness (QED) is 0.725. The molecule has 0 aliphatic heterocycles. The van der Waals surface area contributed by atoms with E-state index in [0.717, 1.165) is 17.7 Å². The van der Waals surface area contributed by atoms with Crippen molar-refractivity contribution in [2.75, 3.05) is 0 Å². The zero-order valence-corrected chi connectivity index (χ0v) is 13.9. The SMILES string of the molecule is CC[C@@H](N[C@@H](C)c1ccc(-n2ccnn2)cc1)c1ccccc1O. The first-order chi connectivity index (χ1) is 11.7. The molecule has 0 aliphatic rings. The third-order valence-corrected chi connectivity index (χ3v) is 4.25. The van der Waals surface area contributed by atoms with Crippen molar-refractivity contribution in [2.24, 2.45) is 0 Å². The first-order valence-electron chi connectivity index (χ1n) is 8.19. The molecule has 5 nitrogen and oxygen atoms in total. The number of nitrogens with one attached hydrogen (secondary N) is 1. The van der Waals surface area contributed by atoms with Gasteiger partial charge in [-0.15, -0.1) is 5.10 Å². The van der Waals surface area contributed by atoms with Crippen LogP contribution in [0.4, 0.5) is 0 Å². The molecule has 0 unspecified atom stereocenters. The first-order valence-corrected chi connectivity index (χ1v) is 8.19. The summed E-state index contributed by atoms with van der Waals surface area (Å²) in [5.74, 6) is 0.339. The van der Waals surface area contributed by atoms with Gasteiger partial charge in [0.05, 0.1) is 18.1 Å². The van der Waals surface area contributed by atoms with Gasteiger partial charge in [0, 0.05) is 17.6 Å². The number of hydrogen-bond donors (Lipinski definition) is 2. The van der Waals surface area contributed by atoms with E-state index in [0.29, 0.717) is 5.75 Å². The molecule has 0 radical (unpaired) electrons. The molecule has 124 valence electrons. The zero-order valence-electron chi connectivity index (χ0n) is 13.9. The Morgan fingerprint density at radius 2 is 1.88 bits per heavy atom. The van der Waals surface area contributed by atoms with E-state index in [2.05, 4.69) is 41.6 Å². The molecule has 0 fully saturated rings. The number of hydrogen-bond acceptors (Lipinski definition) is 4. The number of para-hydroxylation sites is 1. The van der Waals surface area contributed by atoms with Crippen LogP contribution in [0.2, 0.25) is 0 Å². The van der Waals surface area contributed by atoms with E-state index in [1.807, 2.05) is 36.5 Å². The molecular weight excluding hydrogens is 300 g/mol. The topological polar surface area (TPSA) is 63.0 Å². The molecule has 2 atom stereocenters. The molecule has 1 heterocycles. The van der Waals surface area contributed by atoms with Gasteiger partial charge in [0.25, 0.3) is 0 Å². The lowest BCUT2D eigenvalue weighted by Gasteiger charge is -2.24. The van der Waals surface area contributed by atoms with Crippen molar-refractivity contribution in [2.45, 2.75) is 32.4 Å². The third kappa shape index (κ3) is 3.46. The summed E-state index contributed by atoms with van der Waals surface area (Å²) in [5, 5.41) is 21.5. The zero-order chi connectivity index (χ0) is 16.9. The molecule has 5 heteroatoms. The molecular formula is C19H22N4O. The number of aromatic nitrogens is 3. The number of nitrogens with zero attached hydrogens (tertiary/aromatic N) is 3. The van der Waals surface area contributed by atoms with Crippen LogP contribution in [0.1, 0.15) is 43.5 Å². The average molecular weight is 322 g/mol. The predicted octanol–water partition coefficient (Wildman–Crippen LogP) is 3.77. The summed E-state index contributed by atoms with van der Waals surface area (Å²) in [7, 11) is 0. The number of aromatic hydroxyl groups is 1. The van der Waals surface area contributed by atoms with Crippen LogP contribution >= 0.6 is 0 Å². The Labute approximate surface area is 142 Å². The van der Waals surface area contributed by atoms with Crippen LogP contribution in [0.15, 0.2) is 60.9 Å². The highest BCUT2D eigenvalue weighted by Crippen LogP contribution is 2.28. The van der Waals surface area contributed by atoms with Crippen LogP contribution in [0.5, 0.6) is 5.75 Å². The van der Waals surface area contributed by atoms with Gasteiger partial charge in [-0.05, 0) is 37.1 Å². The second-order valence-electron chi connectivity index (χ2n) is 5.85. The van der Waals surface area contributed by atoms with Gasteiger partial charge in [-0.1, -0.05) is 42.5 Å². The maximum Gasteiger partial charge on any atom is 0.120 e. The van der Waals surface area contributed by atoms with E-state index in [-0.39, 0.29) is 12.1 Å². The second kappa shape index (κ2) is 7.27. The Balaban J connectivity index is 1.74. The van der Waals surface area contributed by atoms with Crippen molar-refractivity contribution in [1.82, 2.24) is 20.3 Å². The molecule has 3 rings (SSSR count). The molecule has 2 aromatic carbocycles. The van der Waals surface area contributed by atoms with Crippen LogP contribution in [0, 0.1) is 0 Å². The fourth-order valence-corrected chi connectivity index (χ4v) is 2.87. The normalized spacial score (nSPS) is 13.6. The fraction of sp³-hybridized carbons (Fsp3) is 0.263. The number of rotatable bonds is 6. The molecule has 0 aliphatic carbocycles. The van der Waals surface area contributed by atoms with E-state index in [4.69, 9.17) is 0 Å². The van der Waals surface area contributed by atoms with Gasteiger partial charge in [-0.25, -0.2) is 4.68 Å². The summed E-state index contributed by atoms with van der Waals surface area (Å²) in [6, 6.07) is 16.0. The average Bonchev–Trinajstić information content (AvgIpc) is 3.15. The highest BCUT2D eigenvalue weighted by molar-refractivity contribution is 5.36. The molecule has 3 aromatic rings. The maximum absolute atomic E-state index is 10.1. The summed E-state index contributed by atoms with van der Waals surface area (Å²) in [4.78, 5) is 0. The van der Waals surface area contributed by atoms with Crippen molar-refractivity contribution in [3.05, 3.63) is 72.1 Å². The largest absolute Gasteiger partial charge is 0.508 e. The summed E-state index contributed by atoms with van der Waals surface area (Å²) < 4.78 is 1.73. The highest BCUT2D eigenvalue weighted by atomic mass is 16.3. The van der Waals surface area contributed by atoms with E-state index >= 15 is 0 Å². The third-order valence-electron chi connectivity index (χ3n) is 4.25. The minimum absolute atomic E-state index is 0.108. The van der Waals surface area contributed by atoms with Gasteiger partial charge in [0.15, 0.2) is 0 Å². The molecule has 0 amide bonds. The van der Waals surface area contributed by atoms with Crippen LogP contribution < -0.4 is 5.32 Å². The number of phenolic OH excluding ortho intramolecular Hbond substituents is 1. The lowest BCUT2D eigenvalue weighted by molar-refractivity contribution is 0.419. The van der Waals surface area contributed by atoms with E-state index in [1.165, 1.54) is 5.56 Å². The monoisotopic (exact) mass is 322 g/mol. The minimum Gasteiger partial charge on any atom is -0.508 e. The summed E-state index contributed by atoms with van der Waals surface area (Å²) in [6.45, 7) is 4.25. The van der Waals surface area contributed by atoms with Crippen molar-refractivity contribution in [3.63, 3.8) is 0 Å². The van der Waals surface area contributed by atoms with Crippen LogP contribution in [0.25, 0.3) is 5.69 Å². The maximum atomic E-state index is 10.1. The Kier molecular flexibility index (Phi) is 4.91. The molecule has 2 N–H and O–H groups in total. The lowest BCUT2D eigenvalue weighted by Crippen LogP contribution is -2.24. The lowest BCUT2D eigenvalue weighted by atomic mass is 10.0. The molecule has 24 heavy (non-hydrogen) atoms. The van der Waals surface area contributed by atoms with Crippen LogP contribution in [-0.2, 0) is 0 Å². The summed E-state index contributed by atoms with van der Waals surface area (Å²) in [5.41, 5.74) is 3.11. The van der Waals surface area contributed by atoms with E-state index in [9.17, 15) is 5.11 Å². The Morgan fingerprint density at radius 3 is 2.50 bits per heavy atom. The number of phenols is 1. The van der Waals surface area contributed by atoms with Crippen LogP contribution in [0.3, 0.4) is 0 Å². The molecule has 1 aromatic heterocycles. The van der Waals surface area contributed by atoms with Gasteiger partial charge >= 0.3 is 0 Å². The van der Waals surface area contributed by atoms with Gasteiger partial charge < -0.3 is 10.4 Å². The van der Waals surface area contributed by atoms with Crippen molar-refractivity contribution >= 4 is 0 Å². The molecule has 0 saturated carbocycles. The first kappa shape index (κ1) is 16.2. The smallest absolute Gasteiger partial charge is 0.120 e. The van der Waals surface area contributed by atoms with Gasteiger partial charge in [0.2, 0.25) is 0 Å². The molecule has 0 bridgehead atoms. The van der Waals surface area contributed by atoms with Gasteiger partial charge in [-0.2, -0.15) is 0 Å². The van der Waals surface area contributed by atoms with Gasteiger partial charge in [-0.3, -0.25) is 0 Å². The predicted molar refractivity (Wildman–Crippen MR) is 94.0 cm³/mol. The van der Waals surface area contributed by atoms with E-state index in [1.54, 1.807) is 16.9 Å². The molecule has 0 saturated heterocycles. The van der Waals surface area contributed by atoms with E-state index < -0.39 is 0 Å². The highest BCUT2D eigenvalue weighted by Gasteiger charge is 2.16. The standard InChI is InChI=1S/C19H22N4O/c1-3-18(17-6-4-5-7-19(17)24)21-14(2)15-8-10-16(11-9-15)23-13-12-20-22-23/h4-14,18,21,24H,3H2,1-2H3/t14-,18+/m0/s1. The minimum atomic E-state index is 0.108. The summed E-state index contributed by atoms with van der Waals surface area (Å²) in [6.07, 6.45) is 4.39. The Hall–Kier alpha value is -2.66. The van der Waals surface area contributed by atoms with Crippen molar-refractivity contribution in [3.8, 4) is 11.4 Å². The van der Waals surface area contributed by atoms with Crippen LogP contribution in [-0.4, -0.2) is 20.1 Å². The van der Waals surface area contributed by atoms with Crippen molar-refractivity contribution < 1.29 is 5.11 Å². The second-order valence-corrected chi connectivity index (χ2v) is 5.85.